The second-order valence-electron chi connectivity index (χ2n) is 5.41. The number of ether oxygens (including phenoxy) is 1. The highest BCUT2D eigenvalue weighted by Gasteiger charge is 2.11. The number of aromatic carboxylic acids is 1. The van der Waals surface area contributed by atoms with E-state index in [0.717, 1.165) is 19.8 Å². The summed E-state index contributed by atoms with van der Waals surface area (Å²) in [7, 11) is -2.30. The van der Waals surface area contributed by atoms with Crippen molar-refractivity contribution in [3.8, 4) is 0 Å². The number of hydrogen-bond acceptors (Lipinski definition) is 6. The highest BCUT2D eigenvalue weighted by atomic mass is 127. The van der Waals surface area contributed by atoms with Crippen LogP contribution in [0.15, 0.2) is 24.3 Å². The molecule has 9 nitrogen and oxygen atoms in total. The number of methoxy groups -OCH3 is 1. The number of rotatable bonds is 2. The number of carboxylic acids is 1. The zero-order valence-electron chi connectivity index (χ0n) is 17.1. The van der Waals surface area contributed by atoms with Gasteiger partial charge in [-0.15, -0.1) is 0 Å². The van der Waals surface area contributed by atoms with Gasteiger partial charge in [-0.1, -0.05) is 23.2 Å². The van der Waals surface area contributed by atoms with Gasteiger partial charge in [0.05, 0.1) is 28.3 Å². The fourth-order valence-electron chi connectivity index (χ4n) is 1.85. The van der Waals surface area contributed by atoms with Crippen LogP contribution < -0.4 is 0 Å². The SMILES string of the molecule is CO.COC(=O)c1cc(I)c(Cl)cc1C.Cc1cc(Cl)c(I)cc1C(=O)O.O=S(=O)(O)O. The fourth-order valence-corrected chi connectivity index (χ4v) is 3.22. The maximum Gasteiger partial charge on any atom is 0.394 e. The molecule has 0 aliphatic heterocycles. The summed E-state index contributed by atoms with van der Waals surface area (Å²) in [5.74, 6) is -1.24. The van der Waals surface area contributed by atoms with E-state index in [2.05, 4.69) is 27.3 Å². The van der Waals surface area contributed by atoms with E-state index in [0.29, 0.717) is 26.7 Å². The van der Waals surface area contributed by atoms with E-state index in [4.69, 9.17) is 50.9 Å². The van der Waals surface area contributed by atoms with Crippen LogP contribution in [0.3, 0.4) is 0 Å². The highest BCUT2D eigenvalue weighted by Crippen LogP contribution is 2.23. The first-order valence-corrected chi connectivity index (χ1v) is 12.3. The van der Waals surface area contributed by atoms with Crippen LogP contribution in [0.1, 0.15) is 31.8 Å². The molecule has 0 fully saturated rings. The summed E-state index contributed by atoms with van der Waals surface area (Å²) in [4.78, 5) is 21.9. The Balaban J connectivity index is 0. The molecule has 32 heavy (non-hydrogen) atoms. The van der Waals surface area contributed by atoms with Gasteiger partial charge in [-0.05, 0) is 94.4 Å². The lowest BCUT2D eigenvalue weighted by Crippen LogP contribution is -2.04. The molecule has 0 saturated carbocycles. The average molecular weight is 737 g/mol. The molecule has 0 aromatic heterocycles. The first-order valence-electron chi connectivity index (χ1n) is 7.96. The zero-order valence-corrected chi connectivity index (χ0v) is 23.7. The van der Waals surface area contributed by atoms with Gasteiger partial charge in [0.15, 0.2) is 0 Å². The number of carbonyl (C=O) groups excluding carboxylic acids is 1. The Labute approximate surface area is 222 Å². The maximum absolute atomic E-state index is 11.2. The Morgan fingerprint density at radius 1 is 0.875 bits per heavy atom. The predicted molar refractivity (Wildman–Crippen MR) is 138 cm³/mol. The number of benzene rings is 2. The number of hydrogen-bond donors (Lipinski definition) is 4. The molecule has 180 valence electrons. The summed E-state index contributed by atoms with van der Waals surface area (Å²) < 4.78 is 37.8. The van der Waals surface area contributed by atoms with Crippen LogP contribution in [0.4, 0.5) is 0 Å². The van der Waals surface area contributed by atoms with E-state index in [1.165, 1.54) is 7.11 Å². The van der Waals surface area contributed by atoms with Gasteiger partial charge in [-0.3, -0.25) is 9.11 Å². The number of aliphatic hydroxyl groups is 1. The summed E-state index contributed by atoms with van der Waals surface area (Å²) >= 11 is 15.7. The Morgan fingerprint density at radius 3 is 1.50 bits per heavy atom. The third-order valence-electron chi connectivity index (χ3n) is 3.17. The molecule has 0 unspecified atom stereocenters. The molecule has 14 heteroatoms. The molecule has 0 spiro atoms. The molecule has 0 saturated heterocycles. The molecular formula is C18H20Cl2I2O9S. The number of halogens is 4. The van der Waals surface area contributed by atoms with Gasteiger partial charge in [0.1, 0.15) is 0 Å². The van der Waals surface area contributed by atoms with Crippen molar-refractivity contribution < 1.29 is 42.1 Å². The van der Waals surface area contributed by atoms with Gasteiger partial charge < -0.3 is 14.9 Å². The highest BCUT2D eigenvalue weighted by molar-refractivity contribution is 14.1. The lowest BCUT2D eigenvalue weighted by Gasteiger charge is -2.05. The molecule has 0 aliphatic carbocycles. The first-order chi connectivity index (χ1) is 14.6. The largest absolute Gasteiger partial charge is 0.478 e. The van der Waals surface area contributed by atoms with Gasteiger partial charge in [0.25, 0.3) is 0 Å². The maximum atomic E-state index is 11.2. The summed E-state index contributed by atoms with van der Waals surface area (Å²) in [5, 5.41) is 17.0. The van der Waals surface area contributed by atoms with Crippen LogP contribution >= 0.6 is 68.4 Å². The molecule has 0 bridgehead atoms. The quantitative estimate of drug-likeness (QED) is 0.190. The Kier molecular flexibility index (Phi) is 16.7. The smallest absolute Gasteiger partial charge is 0.394 e. The number of aliphatic hydroxyl groups excluding tert-OH is 1. The molecule has 2 rings (SSSR count). The van der Waals surface area contributed by atoms with E-state index in [1.54, 1.807) is 31.2 Å². The topological polar surface area (TPSA) is 158 Å². The minimum atomic E-state index is -4.67. The zero-order chi connectivity index (χ0) is 25.8. The van der Waals surface area contributed by atoms with Crippen molar-refractivity contribution >= 4 is 90.7 Å². The number of esters is 1. The molecule has 0 amide bonds. The second kappa shape index (κ2) is 16.0. The average Bonchev–Trinajstić information content (AvgIpc) is 2.67. The lowest BCUT2D eigenvalue weighted by molar-refractivity contribution is 0.0598. The van der Waals surface area contributed by atoms with Gasteiger partial charge >= 0.3 is 22.3 Å². The standard InChI is InChI=1S/C9H8ClIO2.C8H6ClIO2.CH4O.H2O4S/c1-5-3-7(10)8(11)4-6(5)9(12)13-2;1-4-2-6(9)7(10)3-5(4)8(11)12;1-2;1-5(2,3)4/h3-4H,1-2H3;2-3H,1H3,(H,11,12);2H,1H3;(H2,1,2,3,4). The summed E-state index contributed by atoms with van der Waals surface area (Å²) in [6.07, 6.45) is 0. The van der Waals surface area contributed by atoms with Crippen LogP contribution in [-0.2, 0) is 15.1 Å². The van der Waals surface area contributed by atoms with E-state index in [-0.39, 0.29) is 5.97 Å². The number of carbonyl (C=O) groups is 2. The van der Waals surface area contributed by atoms with Crippen molar-refractivity contribution in [2.24, 2.45) is 0 Å². The molecule has 0 radical (unpaired) electrons. The molecule has 2 aromatic rings. The summed E-state index contributed by atoms with van der Waals surface area (Å²) in [6, 6.07) is 6.72. The molecule has 2 aromatic carbocycles. The molecule has 4 N–H and O–H groups in total. The molecule has 0 heterocycles. The van der Waals surface area contributed by atoms with Gasteiger partial charge in [0, 0.05) is 14.3 Å². The van der Waals surface area contributed by atoms with Gasteiger partial charge in [0.2, 0.25) is 0 Å². The third-order valence-corrected chi connectivity index (χ3v) is 6.22. The number of carboxylic acid groups (broad SMARTS) is 1. The predicted octanol–water partition coefficient (Wildman–Crippen LogP) is 4.95. The summed E-state index contributed by atoms with van der Waals surface area (Å²) in [5.41, 5.74) is 2.39. The number of aryl methyl sites for hydroxylation is 2. The molecule has 0 aliphatic rings. The fraction of sp³-hybridized carbons (Fsp3) is 0.222. The van der Waals surface area contributed by atoms with Crippen LogP contribution in [0.25, 0.3) is 0 Å². The molecule has 0 atom stereocenters. The van der Waals surface area contributed by atoms with Crippen molar-refractivity contribution in [2.75, 3.05) is 14.2 Å². The first kappa shape index (κ1) is 33.4. The van der Waals surface area contributed by atoms with Crippen molar-refractivity contribution in [2.45, 2.75) is 13.8 Å². The Hall–Kier alpha value is -0.750. The Bertz CT molecular complexity index is 1040. The van der Waals surface area contributed by atoms with Crippen molar-refractivity contribution in [1.29, 1.82) is 0 Å². The lowest BCUT2D eigenvalue weighted by atomic mass is 10.1. The van der Waals surface area contributed by atoms with Gasteiger partial charge in [-0.25, -0.2) is 9.59 Å². The Morgan fingerprint density at radius 2 is 1.19 bits per heavy atom. The third kappa shape index (κ3) is 13.7. The van der Waals surface area contributed by atoms with Crippen molar-refractivity contribution in [3.63, 3.8) is 0 Å². The van der Waals surface area contributed by atoms with E-state index < -0.39 is 16.4 Å². The van der Waals surface area contributed by atoms with E-state index in [9.17, 15) is 9.59 Å². The van der Waals surface area contributed by atoms with Crippen LogP contribution in [-0.4, -0.2) is 53.9 Å². The van der Waals surface area contributed by atoms with E-state index in [1.807, 2.05) is 29.5 Å². The minimum absolute atomic E-state index is 0.309. The summed E-state index contributed by atoms with van der Waals surface area (Å²) in [6.45, 7) is 3.56. The van der Waals surface area contributed by atoms with E-state index >= 15 is 0 Å². The van der Waals surface area contributed by atoms with Gasteiger partial charge in [-0.2, -0.15) is 8.42 Å². The van der Waals surface area contributed by atoms with Crippen LogP contribution in [0.2, 0.25) is 10.0 Å². The molecular weight excluding hydrogens is 717 g/mol. The minimum Gasteiger partial charge on any atom is -0.478 e. The van der Waals surface area contributed by atoms with Crippen LogP contribution in [0.5, 0.6) is 0 Å². The van der Waals surface area contributed by atoms with Crippen LogP contribution in [0, 0.1) is 21.0 Å². The second-order valence-corrected chi connectivity index (χ2v) is 9.44. The normalized spacial score (nSPS) is 9.72. The monoisotopic (exact) mass is 736 g/mol. The van der Waals surface area contributed by atoms with Crippen molar-refractivity contribution in [1.82, 2.24) is 0 Å². The van der Waals surface area contributed by atoms with Crippen molar-refractivity contribution in [3.05, 3.63) is 63.7 Å².